The van der Waals surface area contributed by atoms with E-state index in [0.29, 0.717) is 5.41 Å². The standard InChI is InChI=1S/C12H23NO/c1-11(2)3-6-13-7-4-12(9-13)5-8-14-10-12/h11H,3-10H2,1-2H3. The summed E-state index contributed by atoms with van der Waals surface area (Å²) >= 11 is 0. The van der Waals surface area contributed by atoms with Crippen LogP contribution in [0.5, 0.6) is 0 Å². The predicted octanol–water partition coefficient (Wildman–Crippen LogP) is 2.14. The Labute approximate surface area is 87.6 Å². The zero-order valence-electron chi connectivity index (χ0n) is 9.59. The van der Waals surface area contributed by atoms with Gasteiger partial charge in [-0.15, -0.1) is 0 Å². The van der Waals surface area contributed by atoms with Gasteiger partial charge in [-0.05, 0) is 38.3 Å². The zero-order valence-corrected chi connectivity index (χ0v) is 9.59. The number of hydrogen-bond acceptors (Lipinski definition) is 2. The van der Waals surface area contributed by atoms with Crippen LogP contribution in [0.2, 0.25) is 0 Å². The third-order valence-corrected chi connectivity index (χ3v) is 3.73. The van der Waals surface area contributed by atoms with Crippen molar-refractivity contribution in [1.29, 1.82) is 0 Å². The van der Waals surface area contributed by atoms with Gasteiger partial charge in [0.25, 0.3) is 0 Å². The van der Waals surface area contributed by atoms with Gasteiger partial charge >= 0.3 is 0 Å². The normalized spacial score (nSPS) is 33.6. The molecule has 0 aromatic rings. The highest BCUT2D eigenvalue weighted by Crippen LogP contribution is 2.38. The van der Waals surface area contributed by atoms with Crippen molar-refractivity contribution in [2.24, 2.45) is 11.3 Å². The van der Waals surface area contributed by atoms with Gasteiger partial charge in [-0.1, -0.05) is 13.8 Å². The summed E-state index contributed by atoms with van der Waals surface area (Å²) in [5.74, 6) is 0.839. The van der Waals surface area contributed by atoms with Crippen LogP contribution in [0.4, 0.5) is 0 Å². The molecule has 2 aliphatic heterocycles. The average molecular weight is 197 g/mol. The van der Waals surface area contributed by atoms with E-state index in [-0.39, 0.29) is 0 Å². The molecule has 0 saturated carbocycles. The lowest BCUT2D eigenvalue weighted by atomic mass is 9.87. The fraction of sp³-hybridized carbons (Fsp3) is 1.00. The Balaban J connectivity index is 1.76. The van der Waals surface area contributed by atoms with Crippen molar-refractivity contribution in [2.75, 3.05) is 32.8 Å². The molecule has 0 aromatic carbocycles. The molecule has 2 heterocycles. The van der Waals surface area contributed by atoms with Crippen molar-refractivity contribution >= 4 is 0 Å². The molecule has 2 saturated heterocycles. The highest BCUT2D eigenvalue weighted by Gasteiger charge is 2.40. The van der Waals surface area contributed by atoms with Crippen molar-refractivity contribution in [2.45, 2.75) is 33.1 Å². The van der Waals surface area contributed by atoms with Crippen LogP contribution < -0.4 is 0 Å². The van der Waals surface area contributed by atoms with Gasteiger partial charge in [-0.25, -0.2) is 0 Å². The smallest absolute Gasteiger partial charge is 0.0536 e. The summed E-state index contributed by atoms with van der Waals surface area (Å²) in [6, 6.07) is 0. The minimum Gasteiger partial charge on any atom is -0.381 e. The van der Waals surface area contributed by atoms with Gasteiger partial charge < -0.3 is 9.64 Å². The monoisotopic (exact) mass is 197 g/mol. The molecule has 1 atom stereocenters. The fourth-order valence-electron chi connectivity index (χ4n) is 2.63. The van der Waals surface area contributed by atoms with Crippen molar-refractivity contribution < 1.29 is 4.74 Å². The van der Waals surface area contributed by atoms with E-state index in [1.54, 1.807) is 0 Å². The summed E-state index contributed by atoms with van der Waals surface area (Å²) in [6.45, 7) is 10.5. The Bertz CT molecular complexity index is 185. The second-order valence-corrected chi connectivity index (χ2v) is 5.51. The van der Waals surface area contributed by atoms with Crippen LogP contribution in [0.25, 0.3) is 0 Å². The number of nitrogens with zero attached hydrogens (tertiary/aromatic N) is 1. The van der Waals surface area contributed by atoms with Gasteiger partial charge in [-0.3, -0.25) is 0 Å². The molecule has 0 bridgehead atoms. The topological polar surface area (TPSA) is 12.5 Å². The Morgan fingerprint density at radius 3 is 2.86 bits per heavy atom. The lowest BCUT2D eigenvalue weighted by Crippen LogP contribution is -2.28. The Morgan fingerprint density at radius 1 is 1.36 bits per heavy atom. The van der Waals surface area contributed by atoms with Gasteiger partial charge in [0, 0.05) is 18.6 Å². The molecular formula is C12H23NO. The molecule has 2 fully saturated rings. The Morgan fingerprint density at radius 2 is 2.21 bits per heavy atom. The summed E-state index contributed by atoms with van der Waals surface area (Å²) in [5, 5.41) is 0. The first kappa shape index (κ1) is 10.4. The van der Waals surface area contributed by atoms with Gasteiger partial charge in [-0.2, -0.15) is 0 Å². The molecule has 2 rings (SSSR count). The molecule has 0 N–H and O–H groups in total. The molecule has 2 nitrogen and oxygen atoms in total. The van der Waals surface area contributed by atoms with Gasteiger partial charge in [0.1, 0.15) is 0 Å². The van der Waals surface area contributed by atoms with Crippen molar-refractivity contribution in [3.63, 3.8) is 0 Å². The number of rotatable bonds is 3. The third kappa shape index (κ3) is 2.29. The summed E-state index contributed by atoms with van der Waals surface area (Å²) in [6.07, 6.45) is 4.01. The quantitative estimate of drug-likeness (QED) is 0.687. The second kappa shape index (κ2) is 4.19. The van der Waals surface area contributed by atoms with Crippen LogP contribution in [0.1, 0.15) is 33.1 Å². The van der Waals surface area contributed by atoms with Crippen molar-refractivity contribution in [3.05, 3.63) is 0 Å². The van der Waals surface area contributed by atoms with Gasteiger partial charge in [0.15, 0.2) is 0 Å². The predicted molar refractivity (Wildman–Crippen MR) is 58.4 cm³/mol. The first-order chi connectivity index (χ1) is 6.70. The zero-order chi connectivity index (χ0) is 10.0. The fourth-order valence-corrected chi connectivity index (χ4v) is 2.63. The molecule has 2 heteroatoms. The van der Waals surface area contributed by atoms with Crippen LogP contribution in [0, 0.1) is 11.3 Å². The number of ether oxygens (including phenoxy) is 1. The molecule has 2 aliphatic rings. The first-order valence-electron chi connectivity index (χ1n) is 6.00. The summed E-state index contributed by atoms with van der Waals surface area (Å²) < 4.78 is 5.53. The molecule has 0 aromatic heterocycles. The summed E-state index contributed by atoms with van der Waals surface area (Å²) in [5.41, 5.74) is 0.553. The van der Waals surface area contributed by atoms with Crippen molar-refractivity contribution in [1.82, 2.24) is 4.90 Å². The van der Waals surface area contributed by atoms with Crippen LogP contribution >= 0.6 is 0 Å². The van der Waals surface area contributed by atoms with E-state index in [0.717, 1.165) is 19.1 Å². The Kier molecular flexibility index (Phi) is 3.13. The van der Waals surface area contributed by atoms with Crippen LogP contribution in [-0.2, 0) is 4.74 Å². The summed E-state index contributed by atoms with van der Waals surface area (Å²) in [4.78, 5) is 2.63. The maximum Gasteiger partial charge on any atom is 0.0536 e. The van der Waals surface area contributed by atoms with E-state index in [2.05, 4.69) is 18.7 Å². The highest BCUT2D eigenvalue weighted by molar-refractivity contribution is 4.92. The van der Waals surface area contributed by atoms with E-state index >= 15 is 0 Å². The van der Waals surface area contributed by atoms with E-state index < -0.39 is 0 Å². The maximum atomic E-state index is 5.53. The molecule has 0 aliphatic carbocycles. The molecule has 82 valence electrons. The lowest BCUT2D eigenvalue weighted by Gasteiger charge is -2.22. The first-order valence-corrected chi connectivity index (χ1v) is 6.00. The van der Waals surface area contributed by atoms with E-state index in [1.165, 1.54) is 38.9 Å². The minimum absolute atomic E-state index is 0.553. The van der Waals surface area contributed by atoms with E-state index in [4.69, 9.17) is 4.74 Å². The average Bonchev–Trinajstić information content (AvgIpc) is 2.74. The molecule has 1 spiro atoms. The molecular weight excluding hydrogens is 174 g/mol. The van der Waals surface area contributed by atoms with E-state index in [1.807, 2.05) is 0 Å². The van der Waals surface area contributed by atoms with Crippen LogP contribution in [0.15, 0.2) is 0 Å². The Hall–Kier alpha value is -0.0800. The highest BCUT2D eigenvalue weighted by atomic mass is 16.5. The van der Waals surface area contributed by atoms with Gasteiger partial charge in [0.2, 0.25) is 0 Å². The molecule has 0 amide bonds. The minimum atomic E-state index is 0.553. The molecule has 1 unspecified atom stereocenters. The number of likely N-dealkylation sites (tertiary alicyclic amines) is 1. The molecule has 14 heavy (non-hydrogen) atoms. The molecule has 0 radical (unpaired) electrons. The SMILES string of the molecule is CC(C)CCN1CCC2(CCOC2)C1. The van der Waals surface area contributed by atoms with E-state index in [9.17, 15) is 0 Å². The number of hydrogen-bond donors (Lipinski definition) is 0. The second-order valence-electron chi connectivity index (χ2n) is 5.51. The largest absolute Gasteiger partial charge is 0.381 e. The lowest BCUT2D eigenvalue weighted by molar-refractivity contribution is 0.151. The summed E-state index contributed by atoms with van der Waals surface area (Å²) in [7, 11) is 0. The maximum absolute atomic E-state index is 5.53. The van der Waals surface area contributed by atoms with Crippen LogP contribution in [-0.4, -0.2) is 37.7 Å². The third-order valence-electron chi connectivity index (χ3n) is 3.73. The van der Waals surface area contributed by atoms with Gasteiger partial charge in [0.05, 0.1) is 6.61 Å². The van der Waals surface area contributed by atoms with Crippen molar-refractivity contribution in [3.8, 4) is 0 Å². The van der Waals surface area contributed by atoms with Crippen LogP contribution in [0.3, 0.4) is 0 Å².